The number of amides is 2. The van der Waals surface area contributed by atoms with Gasteiger partial charge in [-0.3, -0.25) is 14.5 Å². The lowest BCUT2D eigenvalue weighted by molar-refractivity contribution is -0.120. The van der Waals surface area contributed by atoms with E-state index < -0.39 is 0 Å². The van der Waals surface area contributed by atoms with Gasteiger partial charge in [-0.1, -0.05) is 36.4 Å². The highest BCUT2D eigenvalue weighted by Gasteiger charge is 2.44. The van der Waals surface area contributed by atoms with Crippen LogP contribution >= 0.6 is 0 Å². The third kappa shape index (κ3) is 3.94. The number of aryl methyl sites for hydroxylation is 1. The Labute approximate surface area is 182 Å². The first-order chi connectivity index (χ1) is 15.0. The van der Waals surface area contributed by atoms with Crippen LogP contribution in [0.1, 0.15) is 11.1 Å². The third-order valence-electron chi connectivity index (χ3n) is 5.80. The number of benzene rings is 2. The molecule has 2 aromatic rings. The molecule has 1 fully saturated rings. The van der Waals surface area contributed by atoms with Crippen LogP contribution in [0.3, 0.4) is 0 Å². The van der Waals surface area contributed by atoms with Crippen molar-refractivity contribution in [2.75, 3.05) is 51.3 Å². The minimum absolute atomic E-state index is 0.107. The number of rotatable bonds is 6. The van der Waals surface area contributed by atoms with Gasteiger partial charge in [-0.15, -0.1) is 0 Å². The van der Waals surface area contributed by atoms with Gasteiger partial charge in [0.1, 0.15) is 11.4 Å². The van der Waals surface area contributed by atoms with Crippen molar-refractivity contribution in [1.82, 2.24) is 9.80 Å². The van der Waals surface area contributed by atoms with Crippen molar-refractivity contribution in [1.29, 1.82) is 0 Å². The molecule has 0 spiro atoms. The van der Waals surface area contributed by atoms with Crippen molar-refractivity contribution >= 4 is 23.1 Å². The zero-order valence-electron chi connectivity index (χ0n) is 17.9. The molecular weight excluding hydrogens is 394 g/mol. The third-order valence-corrected chi connectivity index (χ3v) is 5.80. The maximum Gasteiger partial charge on any atom is 0.282 e. The van der Waals surface area contributed by atoms with Crippen LogP contribution in [0.25, 0.3) is 5.57 Å². The second kappa shape index (κ2) is 8.91. The summed E-state index contributed by atoms with van der Waals surface area (Å²) in [6, 6.07) is 14.8. The molecule has 7 nitrogen and oxygen atoms in total. The molecule has 2 aromatic carbocycles. The average Bonchev–Trinajstić information content (AvgIpc) is 3.05. The molecule has 0 aromatic heterocycles. The molecule has 31 heavy (non-hydrogen) atoms. The molecule has 0 aliphatic carbocycles. The molecule has 162 valence electrons. The number of hydrogen-bond acceptors (Lipinski definition) is 6. The van der Waals surface area contributed by atoms with Crippen molar-refractivity contribution in [2.45, 2.75) is 6.92 Å². The van der Waals surface area contributed by atoms with Gasteiger partial charge in [-0.25, -0.2) is 4.90 Å². The number of aliphatic hydroxyl groups excluding tert-OH is 1. The first kappa shape index (κ1) is 21.1. The lowest BCUT2D eigenvalue weighted by atomic mass is 10.0. The van der Waals surface area contributed by atoms with Gasteiger partial charge in [0.2, 0.25) is 0 Å². The van der Waals surface area contributed by atoms with Crippen molar-refractivity contribution in [2.24, 2.45) is 0 Å². The van der Waals surface area contributed by atoms with E-state index in [1.165, 1.54) is 12.0 Å². The first-order valence-corrected chi connectivity index (χ1v) is 10.5. The number of methoxy groups -OCH3 is 1. The molecule has 7 heteroatoms. The normalized spacial score (nSPS) is 17.6. The summed E-state index contributed by atoms with van der Waals surface area (Å²) in [5, 5.41) is 9.21. The zero-order chi connectivity index (χ0) is 22.0. The smallest absolute Gasteiger partial charge is 0.282 e. The van der Waals surface area contributed by atoms with Gasteiger partial charge >= 0.3 is 0 Å². The molecular formula is C24H27N3O4. The van der Waals surface area contributed by atoms with Crippen molar-refractivity contribution in [3.05, 3.63) is 65.4 Å². The minimum atomic E-state index is -0.340. The summed E-state index contributed by atoms with van der Waals surface area (Å²) < 4.78 is 5.46. The Hall–Kier alpha value is -3.16. The van der Waals surface area contributed by atoms with Crippen LogP contribution < -0.4 is 9.64 Å². The van der Waals surface area contributed by atoms with Gasteiger partial charge in [0, 0.05) is 32.7 Å². The van der Waals surface area contributed by atoms with Crippen LogP contribution in [0.4, 0.5) is 5.69 Å². The van der Waals surface area contributed by atoms with Crippen LogP contribution in [-0.4, -0.2) is 73.2 Å². The zero-order valence-corrected chi connectivity index (χ0v) is 17.9. The minimum Gasteiger partial charge on any atom is -0.495 e. The quantitative estimate of drug-likeness (QED) is 0.719. The lowest BCUT2D eigenvalue weighted by Crippen LogP contribution is -2.48. The van der Waals surface area contributed by atoms with E-state index in [0.717, 1.165) is 24.2 Å². The number of imide groups is 1. The fraction of sp³-hybridized carbons (Fsp3) is 0.333. The number of aliphatic hydroxyl groups is 1. The Morgan fingerprint density at radius 2 is 1.68 bits per heavy atom. The van der Waals surface area contributed by atoms with Crippen LogP contribution in [0.5, 0.6) is 5.75 Å². The van der Waals surface area contributed by atoms with E-state index >= 15 is 0 Å². The summed E-state index contributed by atoms with van der Waals surface area (Å²) in [4.78, 5) is 32.7. The Morgan fingerprint density at radius 1 is 0.968 bits per heavy atom. The monoisotopic (exact) mass is 421 g/mol. The maximum atomic E-state index is 13.7. The Bertz CT molecular complexity index is 1010. The van der Waals surface area contributed by atoms with Crippen LogP contribution in [0.2, 0.25) is 0 Å². The molecule has 0 saturated carbocycles. The molecule has 1 N–H and O–H groups in total. The molecule has 0 bridgehead atoms. The molecule has 4 rings (SSSR count). The van der Waals surface area contributed by atoms with E-state index in [4.69, 9.17) is 4.74 Å². The summed E-state index contributed by atoms with van der Waals surface area (Å²) >= 11 is 0. The van der Waals surface area contributed by atoms with Gasteiger partial charge < -0.3 is 14.7 Å². The molecule has 0 radical (unpaired) electrons. The molecule has 2 aliphatic heterocycles. The Morgan fingerprint density at radius 3 is 2.32 bits per heavy atom. The summed E-state index contributed by atoms with van der Waals surface area (Å²) in [6.45, 7) is 5.31. The number of carbonyl (C=O) groups is 2. The molecule has 0 atom stereocenters. The second-order valence-electron chi connectivity index (χ2n) is 7.76. The SMILES string of the molecule is COc1ccc(C)cc1N1C(=O)C(c2ccccc2)=C(N2CCN(CCO)CC2)C1=O. The number of carbonyl (C=O) groups excluding carboxylic acids is 2. The highest BCUT2D eigenvalue weighted by molar-refractivity contribution is 6.45. The molecule has 2 heterocycles. The predicted molar refractivity (Wildman–Crippen MR) is 119 cm³/mol. The van der Waals surface area contributed by atoms with Crippen LogP contribution in [-0.2, 0) is 9.59 Å². The lowest BCUT2D eigenvalue weighted by Gasteiger charge is -2.36. The summed E-state index contributed by atoms with van der Waals surface area (Å²) in [5.74, 6) is -0.190. The fourth-order valence-electron chi connectivity index (χ4n) is 4.21. The summed E-state index contributed by atoms with van der Waals surface area (Å²) in [7, 11) is 1.53. The largest absolute Gasteiger partial charge is 0.495 e. The standard InChI is InChI=1S/C24H27N3O4/c1-17-8-9-20(31-2)19(16-17)27-23(29)21(18-6-4-3-5-7-18)22(24(27)30)26-12-10-25(11-13-26)14-15-28/h3-9,16,28H,10-15H2,1-2H3. The van der Waals surface area contributed by atoms with E-state index in [2.05, 4.69) is 4.90 Å². The van der Waals surface area contributed by atoms with Crippen molar-refractivity contribution < 1.29 is 19.4 Å². The Balaban J connectivity index is 1.76. The number of β-amino-alcohol motifs (C(OH)–C–C–N with tert-alkyl or cyclic N) is 1. The van der Waals surface area contributed by atoms with Gasteiger partial charge in [0.05, 0.1) is 25.0 Å². The van der Waals surface area contributed by atoms with Crippen LogP contribution in [0.15, 0.2) is 54.2 Å². The fourth-order valence-corrected chi connectivity index (χ4v) is 4.21. The van der Waals surface area contributed by atoms with Crippen LogP contribution in [0, 0.1) is 6.92 Å². The molecule has 2 aliphatic rings. The number of hydrogen-bond donors (Lipinski definition) is 1. The van der Waals surface area contributed by atoms with Gasteiger partial charge in [0.15, 0.2) is 0 Å². The van der Waals surface area contributed by atoms with E-state index in [1.54, 1.807) is 12.1 Å². The highest BCUT2D eigenvalue weighted by atomic mass is 16.5. The first-order valence-electron chi connectivity index (χ1n) is 10.5. The van der Waals surface area contributed by atoms with Gasteiger partial charge in [0.25, 0.3) is 11.8 Å². The van der Waals surface area contributed by atoms with E-state index in [-0.39, 0.29) is 18.4 Å². The summed E-state index contributed by atoms with van der Waals surface area (Å²) in [5.41, 5.74) is 2.97. The number of anilines is 1. The number of piperazine rings is 1. The molecule has 0 unspecified atom stereocenters. The van der Waals surface area contributed by atoms with Gasteiger partial charge in [-0.05, 0) is 30.2 Å². The second-order valence-corrected chi connectivity index (χ2v) is 7.76. The van der Waals surface area contributed by atoms with E-state index in [9.17, 15) is 14.7 Å². The number of ether oxygens (including phenoxy) is 1. The molecule has 1 saturated heterocycles. The summed E-state index contributed by atoms with van der Waals surface area (Å²) in [6.07, 6.45) is 0. The average molecular weight is 421 g/mol. The van der Waals surface area contributed by atoms with E-state index in [1.807, 2.05) is 48.2 Å². The highest BCUT2D eigenvalue weighted by Crippen LogP contribution is 2.39. The van der Waals surface area contributed by atoms with E-state index in [0.29, 0.717) is 42.3 Å². The van der Waals surface area contributed by atoms with Crippen molar-refractivity contribution in [3.63, 3.8) is 0 Å². The maximum absolute atomic E-state index is 13.7. The topological polar surface area (TPSA) is 73.3 Å². The predicted octanol–water partition coefficient (Wildman–Crippen LogP) is 1.90. The van der Waals surface area contributed by atoms with Crippen molar-refractivity contribution in [3.8, 4) is 5.75 Å². The Kier molecular flexibility index (Phi) is 6.06. The molecule has 2 amide bonds. The van der Waals surface area contributed by atoms with Gasteiger partial charge in [-0.2, -0.15) is 0 Å². The number of nitrogens with zero attached hydrogens (tertiary/aromatic N) is 3.